The third-order valence-electron chi connectivity index (χ3n) is 0.696. The van der Waals surface area contributed by atoms with Gasteiger partial charge in [-0.1, -0.05) is 47.8 Å². The van der Waals surface area contributed by atoms with Gasteiger partial charge in [-0.15, -0.1) is 0 Å². The molecule has 0 bridgehead atoms. The molecule has 0 heterocycles. The van der Waals surface area contributed by atoms with Crippen molar-refractivity contribution in [1.29, 1.82) is 0 Å². The molecule has 0 fully saturated rings. The number of hydrogen-bond donors (Lipinski definition) is 1. The van der Waals surface area contributed by atoms with Crippen molar-refractivity contribution in [2.24, 2.45) is 0 Å². The second kappa shape index (κ2) is 5.21. The van der Waals surface area contributed by atoms with Gasteiger partial charge in [-0.2, -0.15) is 0 Å². The minimum atomic E-state index is -0.297. The van der Waals surface area contributed by atoms with E-state index in [1.54, 1.807) is 0 Å². The van der Waals surface area contributed by atoms with Crippen LogP contribution < -0.4 is 0 Å². The van der Waals surface area contributed by atoms with Gasteiger partial charge in [0.05, 0.1) is 9.84 Å². The van der Waals surface area contributed by atoms with Gasteiger partial charge in [0.2, 0.25) is 0 Å². The van der Waals surface area contributed by atoms with Crippen LogP contribution in [0.1, 0.15) is 6.42 Å². The van der Waals surface area contributed by atoms with Crippen molar-refractivity contribution in [3.05, 3.63) is 0 Å². The molecule has 1 atom stereocenters. The lowest BCUT2D eigenvalue weighted by atomic mass is 10.3. The lowest BCUT2D eigenvalue weighted by Crippen LogP contribution is -2.14. The highest BCUT2D eigenvalue weighted by Gasteiger charge is 2.09. The molecule has 0 aliphatic heterocycles. The number of aliphatic hydroxyl groups excluding tert-OH is 1. The van der Waals surface area contributed by atoms with Crippen molar-refractivity contribution in [3.63, 3.8) is 0 Å². The van der Waals surface area contributed by atoms with Crippen LogP contribution in [0.2, 0.25) is 0 Å². The highest BCUT2D eigenvalue weighted by atomic mass is 79.9. The summed E-state index contributed by atoms with van der Waals surface area (Å²) in [6, 6.07) is 0. The van der Waals surface area contributed by atoms with Gasteiger partial charge in [0.1, 0.15) is 0 Å². The Labute approximate surface area is 74.2 Å². The van der Waals surface area contributed by atoms with E-state index in [1.807, 2.05) is 0 Å². The Balaban J connectivity index is 3.17. The van der Waals surface area contributed by atoms with E-state index in [0.717, 1.165) is 11.8 Å². The number of hydrogen-bond acceptors (Lipinski definition) is 1. The molecule has 8 heavy (non-hydrogen) atoms. The van der Waals surface area contributed by atoms with Crippen LogP contribution in [-0.4, -0.2) is 20.3 Å². The minimum Gasteiger partial charge on any atom is -0.391 e. The molecule has 4 heteroatoms. The summed E-state index contributed by atoms with van der Waals surface area (Å²) in [6.07, 6.45) is 0.468. The minimum absolute atomic E-state index is 0.0209. The zero-order chi connectivity index (χ0) is 6.57. The molecule has 0 spiro atoms. The second-order valence-corrected chi connectivity index (χ2v) is 5.37. The predicted octanol–water partition coefficient (Wildman–Crippen LogP) is 2.25. The Morgan fingerprint density at radius 1 is 1.38 bits per heavy atom. The molecule has 1 nitrogen and oxygen atoms in total. The lowest BCUT2D eigenvalue weighted by Gasteiger charge is -2.07. The molecule has 0 aromatic heterocycles. The van der Waals surface area contributed by atoms with Gasteiger partial charge in [-0.25, -0.2) is 0 Å². The summed E-state index contributed by atoms with van der Waals surface area (Å²) >= 11 is 9.59. The lowest BCUT2D eigenvalue weighted by molar-refractivity contribution is 0.192. The third kappa shape index (κ3) is 4.30. The molecule has 1 N–H and O–H groups in total. The van der Waals surface area contributed by atoms with E-state index >= 15 is 0 Å². The molecule has 0 aromatic rings. The fourth-order valence-electron chi connectivity index (χ4n) is 0.238. The third-order valence-corrected chi connectivity index (χ3v) is 2.37. The van der Waals surface area contributed by atoms with E-state index in [4.69, 9.17) is 5.11 Å². The van der Waals surface area contributed by atoms with Gasteiger partial charge >= 0.3 is 0 Å². The molecule has 0 saturated carbocycles. The summed E-state index contributed by atoms with van der Waals surface area (Å²) in [5.74, 6) is 0. The maximum Gasteiger partial charge on any atom is 0.0956 e. The highest BCUT2D eigenvalue weighted by molar-refractivity contribution is 9.24. The molecule has 0 aromatic carbocycles. The quantitative estimate of drug-likeness (QED) is 0.793. The summed E-state index contributed by atoms with van der Waals surface area (Å²) in [5, 5.41) is 9.84. The van der Waals surface area contributed by atoms with E-state index < -0.39 is 0 Å². The molecule has 0 radical (unpaired) electrons. The molecule has 1 unspecified atom stereocenters. The Hall–Kier alpha value is 1.40. The van der Waals surface area contributed by atoms with Crippen molar-refractivity contribution in [2.45, 2.75) is 16.3 Å². The SMILES string of the molecule is OC(CCBr)C(Br)Br. The van der Waals surface area contributed by atoms with Gasteiger partial charge in [-0.05, 0) is 6.42 Å². The van der Waals surface area contributed by atoms with Gasteiger partial charge in [0, 0.05) is 5.33 Å². The Morgan fingerprint density at radius 2 is 1.88 bits per heavy atom. The molecule has 0 saturated heterocycles. The van der Waals surface area contributed by atoms with Crippen molar-refractivity contribution >= 4 is 47.8 Å². The maximum absolute atomic E-state index is 9.00. The topological polar surface area (TPSA) is 20.2 Å². The molecular weight excluding hydrogens is 304 g/mol. The van der Waals surface area contributed by atoms with Crippen LogP contribution in [-0.2, 0) is 0 Å². The van der Waals surface area contributed by atoms with E-state index in [0.29, 0.717) is 0 Å². The van der Waals surface area contributed by atoms with E-state index in [9.17, 15) is 0 Å². The number of aliphatic hydroxyl groups is 1. The summed E-state index contributed by atoms with van der Waals surface area (Å²) in [6.45, 7) is 0. The van der Waals surface area contributed by atoms with Gasteiger partial charge < -0.3 is 5.11 Å². The van der Waals surface area contributed by atoms with Crippen LogP contribution in [0.3, 0.4) is 0 Å². The zero-order valence-electron chi connectivity index (χ0n) is 4.15. The Kier molecular flexibility index (Phi) is 6.12. The van der Waals surface area contributed by atoms with Crippen LogP contribution in [0.25, 0.3) is 0 Å². The van der Waals surface area contributed by atoms with Crippen molar-refractivity contribution in [1.82, 2.24) is 0 Å². The zero-order valence-corrected chi connectivity index (χ0v) is 8.91. The van der Waals surface area contributed by atoms with E-state index in [-0.39, 0.29) is 9.84 Å². The number of halogens is 3. The summed E-state index contributed by atoms with van der Waals surface area (Å²) < 4.78 is 0.0209. The van der Waals surface area contributed by atoms with Crippen molar-refractivity contribution < 1.29 is 5.11 Å². The first kappa shape index (κ1) is 9.40. The number of alkyl halides is 3. The fourth-order valence-corrected chi connectivity index (χ4v) is 1.24. The monoisotopic (exact) mass is 308 g/mol. The van der Waals surface area contributed by atoms with Crippen LogP contribution >= 0.6 is 47.8 Å². The molecule has 0 amide bonds. The predicted molar refractivity (Wildman–Crippen MR) is 46.1 cm³/mol. The first-order valence-electron chi connectivity index (χ1n) is 2.20. The van der Waals surface area contributed by atoms with Gasteiger partial charge in [0.25, 0.3) is 0 Å². The Morgan fingerprint density at radius 3 is 2.00 bits per heavy atom. The standard InChI is InChI=1S/C4H7Br3O/c5-2-1-3(8)4(6)7/h3-4,8H,1-2H2. The van der Waals surface area contributed by atoms with Gasteiger partial charge in [-0.3, -0.25) is 0 Å². The molecule has 50 valence electrons. The van der Waals surface area contributed by atoms with Crippen LogP contribution in [0, 0.1) is 0 Å². The average Bonchev–Trinajstić information content (AvgIpc) is 1.67. The second-order valence-electron chi connectivity index (χ2n) is 1.38. The fraction of sp³-hybridized carbons (Fsp3) is 1.00. The highest BCUT2D eigenvalue weighted by Crippen LogP contribution is 2.15. The van der Waals surface area contributed by atoms with Crippen LogP contribution in [0.15, 0.2) is 0 Å². The average molecular weight is 311 g/mol. The molecule has 0 rings (SSSR count). The van der Waals surface area contributed by atoms with Crippen molar-refractivity contribution in [2.75, 3.05) is 5.33 Å². The molecular formula is C4H7Br3O. The van der Waals surface area contributed by atoms with Crippen LogP contribution in [0.4, 0.5) is 0 Å². The molecule has 0 aliphatic carbocycles. The van der Waals surface area contributed by atoms with Gasteiger partial charge in [0.15, 0.2) is 0 Å². The summed E-state index contributed by atoms with van der Waals surface area (Å²) in [5.41, 5.74) is 0. The first-order valence-corrected chi connectivity index (χ1v) is 5.16. The first-order chi connectivity index (χ1) is 3.68. The summed E-state index contributed by atoms with van der Waals surface area (Å²) in [7, 11) is 0. The van der Waals surface area contributed by atoms with Crippen molar-refractivity contribution in [3.8, 4) is 0 Å². The number of rotatable bonds is 3. The Bertz CT molecular complexity index is 57.2. The molecule has 0 aliphatic rings. The van der Waals surface area contributed by atoms with E-state index in [1.165, 1.54) is 0 Å². The smallest absolute Gasteiger partial charge is 0.0956 e. The van der Waals surface area contributed by atoms with Crippen LogP contribution in [0.5, 0.6) is 0 Å². The maximum atomic E-state index is 9.00. The normalized spacial score (nSPS) is 14.6. The largest absolute Gasteiger partial charge is 0.391 e. The van der Waals surface area contributed by atoms with E-state index in [2.05, 4.69) is 47.8 Å². The summed E-state index contributed by atoms with van der Waals surface area (Å²) in [4.78, 5) is 0.